The molecule has 0 atom stereocenters. The molecule has 4 nitrogen and oxygen atoms in total. The van der Waals surface area contributed by atoms with Crippen molar-refractivity contribution in [2.75, 3.05) is 0 Å². The molecule has 0 fully saturated rings. The van der Waals surface area contributed by atoms with Gasteiger partial charge in [-0.05, 0) is 103 Å². The number of fused-ring (bicyclic) bond motifs is 4. The number of rotatable bonds is 8. The molecule has 10 aromatic carbocycles. The Hall–Kier alpha value is -8.73. The molecule has 0 aliphatic carbocycles. The van der Waals surface area contributed by atoms with Gasteiger partial charge in [0.25, 0.3) is 0 Å². The molecule has 0 aliphatic heterocycles. The number of aromatic nitrogens is 3. The predicted molar refractivity (Wildman–Crippen MR) is 268 cm³/mol. The van der Waals surface area contributed by atoms with Crippen LogP contribution in [0.3, 0.4) is 0 Å². The van der Waals surface area contributed by atoms with Crippen LogP contribution in [0.5, 0.6) is 0 Å². The topological polar surface area (TPSA) is 51.8 Å². The van der Waals surface area contributed by atoms with E-state index in [0.29, 0.717) is 17.5 Å². The minimum Gasteiger partial charge on any atom is -0.456 e. The Labute approximate surface area is 376 Å². The molecule has 0 radical (unpaired) electrons. The summed E-state index contributed by atoms with van der Waals surface area (Å²) < 4.78 is 6.73. The second-order valence-electron chi connectivity index (χ2n) is 16.4. The third-order valence-electron chi connectivity index (χ3n) is 12.3. The van der Waals surface area contributed by atoms with Crippen molar-refractivity contribution in [2.24, 2.45) is 0 Å². The fourth-order valence-corrected chi connectivity index (χ4v) is 9.04. The van der Waals surface area contributed by atoms with Gasteiger partial charge in [-0.15, -0.1) is 0 Å². The molecule has 4 heteroatoms. The monoisotopic (exact) mass is 829 g/mol. The lowest BCUT2D eigenvalue weighted by atomic mass is 9.89. The fraction of sp³-hybridized carbons (Fsp3) is 0. The molecule has 0 saturated carbocycles. The minimum atomic E-state index is 0.570. The average molecular weight is 830 g/mol. The number of hydrogen-bond acceptors (Lipinski definition) is 4. The lowest BCUT2D eigenvalue weighted by molar-refractivity contribution is 0.669. The van der Waals surface area contributed by atoms with E-state index in [2.05, 4.69) is 224 Å². The highest BCUT2D eigenvalue weighted by Gasteiger charge is 2.19. The highest BCUT2D eigenvalue weighted by Crippen LogP contribution is 2.43. The molecular formula is C61H39N3O. The van der Waals surface area contributed by atoms with Crippen LogP contribution in [0.1, 0.15) is 0 Å². The SMILES string of the molecule is c1ccc(-c2ccc(-c3nc(-c4ccc5ccc(-c6ccccc6)cc5c4)nc(-c4ccc5c(c4)oc4cccc(-c6ccc(-c7ccccc7)cc6-c6ccccc6)c45)n3)cc2)cc1. The largest absolute Gasteiger partial charge is 0.456 e. The van der Waals surface area contributed by atoms with Crippen LogP contribution < -0.4 is 0 Å². The van der Waals surface area contributed by atoms with Gasteiger partial charge in [-0.25, -0.2) is 15.0 Å². The highest BCUT2D eigenvalue weighted by molar-refractivity contribution is 6.14. The standard InChI is InChI=1S/C61H39N3O/c1-5-14-40(15-6-1)43-24-28-46(29-25-43)59-62-60(49-31-27-44-26-30-47(36-51(44)37-49)41-16-7-2-8-17-41)64-61(63-59)50-33-35-54-57(39-50)65-56-23-13-22-53(58(54)56)52-34-32-48(42-18-9-3-10-19-42)38-55(52)45-20-11-4-12-21-45/h1-39H. The van der Waals surface area contributed by atoms with Crippen molar-refractivity contribution in [3.05, 3.63) is 237 Å². The molecule has 0 N–H and O–H groups in total. The third-order valence-corrected chi connectivity index (χ3v) is 12.3. The summed E-state index contributed by atoms with van der Waals surface area (Å²) in [6.07, 6.45) is 0. The molecule has 304 valence electrons. The predicted octanol–water partition coefficient (Wildman–Crippen LogP) is 16.3. The van der Waals surface area contributed by atoms with Gasteiger partial charge in [0, 0.05) is 27.5 Å². The van der Waals surface area contributed by atoms with Crippen LogP contribution in [0, 0.1) is 0 Å². The fourth-order valence-electron chi connectivity index (χ4n) is 9.04. The van der Waals surface area contributed by atoms with E-state index in [-0.39, 0.29) is 0 Å². The number of hydrogen-bond donors (Lipinski definition) is 0. The first-order chi connectivity index (χ1) is 32.2. The summed E-state index contributed by atoms with van der Waals surface area (Å²) >= 11 is 0. The van der Waals surface area contributed by atoms with Crippen molar-refractivity contribution in [1.29, 1.82) is 0 Å². The maximum absolute atomic E-state index is 6.73. The Morgan fingerprint density at radius 3 is 1.35 bits per heavy atom. The van der Waals surface area contributed by atoms with E-state index in [1.54, 1.807) is 0 Å². The Morgan fingerprint density at radius 2 is 0.708 bits per heavy atom. The molecule has 65 heavy (non-hydrogen) atoms. The first kappa shape index (κ1) is 38.0. The summed E-state index contributed by atoms with van der Waals surface area (Å²) in [4.78, 5) is 15.5. The average Bonchev–Trinajstić information content (AvgIpc) is 3.77. The number of benzene rings is 10. The van der Waals surface area contributed by atoms with Crippen LogP contribution in [0.15, 0.2) is 241 Å². The van der Waals surface area contributed by atoms with Gasteiger partial charge in [-0.1, -0.05) is 200 Å². The zero-order valence-corrected chi connectivity index (χ0v) is 35.3. The van der Waals surface area contributed by atoms with Crippen molar-refractivity contribution >= 4 is 32.7 Å². The maximum Gasteiger partial charge on any atom is 0.164 e. The van der Waals surface area contributed by atoms with E-state index in [1.165, 1.54) is 16.7 Å². The molecule has 0 bridgehead atoms. The summed E-state index contributed by atoms with van der Waals surface area (Å²) in [6, 6.07) is 83.0. The van der Waals surface area contributed by atoms with Crippen LogP contribution in [-0.2, 0) is 0 Å². The van der Waals surface area contributed by atoms with E-state index >= 15 is 0 Å². The van der Waals surface area contributed by atoms with E-state index < -0.39 is 0 Å². The number of nitrogens with zero attached hydrogens (tertiary/aromatic N) is 3. The molecule has 0 spiro atoms. The van der Waals surface area contributed by atoms with Gasteiger partial charge in [0.2, 0.25) is 0 Å². The van der Waals surface area contributed by atoms with Crippen LogP contribution in [-0.4, -0.2) is 15.0 Å². The Kier molecular flexibility index (Phi) is 9.46. The Morgan fingerprint density at radius 1 is 0.246 bits per heavy atom. The molecule has 0 amide bonds. The van der Waals surface area contributed by atoms with Gasteiger partial charge < -0.3 is 4.42 Å². The van der Waals surface area contributed by atoms with Crippen LogP contribution >= 0.6 is 0 Å². The summed E-state index contributed by atoms with van der Waals surface area (Å²) in [5, 5.41) is 4.36. The van der Waals surface area contributed by atoms with E-state index in [1.807, 2.05) is 12.1 Å². The van der Waals surface area contributed by atoms with Crippen LogP contribution in [0.25, 0.3) is 123 Å². The zero-order chi connectivity index (χ0) is 43.1. The smallest absolute Gasteiger partial charge is 0.164 e. The molecule has 2 aromatic heterocycles. The van der Waals surface area contributed by atoms with Gasteiger partial charge in [-0.3, -0.25) is 0 Å². The third kappa shape index (κ3) is 7.23. The summed E-state index contributed by atoms with van der Waals surface area (Å²) in [6.45, 7) is 0. The van der Waals surface area contributed by atoms with Crippen molar-refractivity contribution < 1.29 is 4.42 Å². The zero-order valence-electron chi connectivity index (χ0n) is 35.3. The Bertz CT molecular complexity index is 3680. The van der Waals surface area contributed by atoms with Crippen molar-refractivity contribution in [1.82, 2.24) is 15.0 Å². The number of furan rings is 1. The normalized spacial score (nSPS) is 11.4. The lowest BCUT2D eigenvalue weighted by Crippen LogP contribution is -2.00. The van der Waals surface area contributed by atoms with Crippen LogP contribution in [0.2, 0.25) is 0 Å². The molecule has 12 rings (SSSR count). The van der Waals surface area contributed by atoms with E-state index in [4.69, 9.17) is 19.4 Å². The van der Waals surface area contributed by atoms with Crippen LogP contribution in [0.4, 0.5) is 0 Å². The summed E-state index contributed by atoms with van der Waals surface area (Å²) in [7, 11) is 0. The summed E-state index contributed by atoms with van der Waals surface area (Å²) in [5.74, 6) is 1.77. The molecule has 0 saturated heterocycles. The Balaban J connectivity index is 0.989. The van der Waals surface area contributed by atoms with Gasteiger partial charge in [0.1, 0.15) is 11.2 Å². The van der Waals surface area contributed by atoms with Gasteiger partial charge in [0.05, 0.1) is 0 Å². The highest BCUT2D eigenvalue weighted by atomic mass is 16.3. The van der Waals surface area contributed by atoms with Gasteiger partial charge >= 0.3 is 0 Å². The van der Waals surface area contributed by atoms with Crippen molar-refractivity contribution in [3.8, 4) is 89.8 Å². The maximum atomic E-state index is 6.73. The molecule has 0 unspecified atom stereocenters. The second kappa shape index (κ2) is 16.2. The van der Waals surface area contributed by atoms with Gasteiger partial charge in [-0.2, -0.15) is 0 Å². The molecule has 0 aliphatic rings. The molecule has 12 aromatic rings. The first-order valence-electron chi connectivity index (χ1n) is 21.9. The first-order valence-corrected chi connectivity index (χ1v) is 21.9. The second-order valence-corrected chi connectivity index (χ2v) is 16.4. The van der Waals surface area contributed by atoms with Gasteiger partial charge in [0.15, 0.2) is 17.5 Å². The summed E-state index contributed by atoms with van der Waals surface area (Å²) in [5.41, 5.74) is 15.8. The quantitative estimate of drug-likeness (QED) is 0.153. The molecular weight excluding hydrogens is 791 g/mol. The van der Waals surface area contributed by atoms with Crippen molar-refractivity contribution in [2.45, 2.75) is 0 Å². The molecule has 2 heterocycles. The minimum absolute atomic E-state index is 0.570. The lowest BCUT2D eigenvalue weighted by Gasteiger charge is -2.14. The van der Waals surface area contributed by atoms with Crippen molar-refractivity contribution in [3.63, 3.8) is 0 Å². The van der Waals surface area contributed by atoms with E-state index in [9.17, 15) is 0 Å². The van der Waals surface area contributed by atoms with E-state index in [0.717, 1.165) is 88.3 Å².